The number of fused-ring (bicyclic) bond motifs is 2. The molecule has 2 aromatic carbocycles. The van der Waals surface area contributed by atoms with Gasteiger partial charge in [0.2, 0.25) is 0 Å². The molecule has 1 atom stereocenters. The van der Waals surface area contributed by atoms with Gasteiger partial charge in [-0.15, -0.1) is 0 Å². The van der Waals surface area contributed by atoms with E-state index in [0.29, 0.717) is 6.54 Å². The first-order valence-electron chi connectivity index (χ1n) is 7.71. The van der Waals surface area contributed by atoms with Crippen molar-refractivity contribution in [3.63, 3.8) is 0 Å². The molecule has 0 radical (unpaired) electrons. The van der Waals surface area contributed by atoms with E-state index < -0.39 is 0 Å². The van der Waals surface area contributed by atoms with Gasteiger partial charge in [0.1, 0.15) is 17.6 Å². The SMILES string of the molecule is O=C(C[NH+]1CCc2ccccc2C1)Nc1cccc2nsnc12. The van der Waals surface area contributed by atoms with Gasteiger partial charge in [-0.2, -0.15) is 8.75 Å². The van der Waals surface area contributed by atoms with Gasteiger partial charge in [-0.05, 0) is 17.7 Å². The molecule has 0 bridgehead atoms. The van der Waals surface area contributed by atoms with Crippen LogP contribution in [0.25, 0.3) is 11.0 Å². The minimum absolute atomic E-state index is 0.0277. The van der Waals surface area contributed by atoms with Crippen LogP contribution in [0, 0.1) is 0 Å². The van der Waals surface area contributed by atoms with E-state index in [1.165, 1.54) is 27.8 Å². The van der Waals surface area contributed by atoms with Crippen LogP contribution in [-0.4, -0.2) is 27.7 Å². The van der Waals surface area contributed by atoms with Gasteiger partial charge in [0.05, 0.1) is 24.0 Å². The molecule has 1 aliphatic rings. The smallest absolute Gasteiger partial charge is 0.279 e. The fraction of sp³-hybridized carbons (Fsp3) is 0.235. The highest BCUT2D eigenvalue weighted by molar-refractivity contribution is 7.00. The van der Waals surface area contributed by atoms with Crippen LogP contribution < -0.4 is 10.2 Å². The van der Waals surface area contributed by atoms with Gasteiger partial charge >= 0.3 is 0 Å². The Balaban J connectivity index is 1.44. The number of quaternary nitrogens is 1. The summed E-state index contributed by atoms with van der Waals surface area (Å²) in [4.78, 5) is 13.7. The lowest BCUT2D eigenvalue weighted by atomic mass is 10.00. The Hall–Kier alpha value is -2.31. The number of nitrogens with one attached hydrogen (secondary N) is 2. The maximum atomic E-state index is 12.4. The minimum atomic E-state index is 0.0277. The molecule has 0 fully saturated rings. The van der Waals surface area contributed by atoms with Crippen molar-refractivity contribution in [2.45, 2.75) is 13.0 Å². The van der Waals surface area contributed by atoms with E-state index in [9.17, 15) is 4.79 Å². The molecule has 3 aromatic rings. The number of aromatic nitrogens is 2. The highest BCUT2D eigenvalue weighted by Gasteiger charge is 2.21. The second-order valence-electron chi connectivity index (χ2n) is 5.86. The normalized spacial score (nSPS) is 17.0. The monoisotopic (exact) mass is 325 g/mol. The summed E-state index contributed by atoms with van der Waals surface area (Å²) in [6.07, 6.45) is 1.03. The predicted molar refractivity (Wildman–Crippen MR) is 90.6 cm³/mol. The van der Waals surface area contributed by atoms with Crippen molar-refractivity contribution in [3.05, 3.63) is 53.6 Å². The quantitative estimate of drug-likeness (QED) is 0.762. The summed E-state index contributed by atoms with van der Waals surface area (Å²) in [6, 6.07) is 14.2. The largest absolute Gasteiger partial charge is 0.323 e. The van der Waals surface area contributed by atoms with Gasteiger partial charge < -0.3 is 10.2 Å². The van der Waals surface area contributed by atoms with Crippen LogP contribution >= 0.6 is 11.7 Å². The molecule has 1 unspecified atom stereocenters. The highest BCUT2D eigenvalue weighted by atomic mass is 32.1. The van der Waals surface area contributed by atoms with Crippen molar-refractivity contribution in [3.8, 4) is 0 Å². The van der Waals surface area contributed by atoms with Gasteiger partial charge in [0.15, 0.2) is 6.54 Å². The molecular formula is C17H17N4OS+. The molecule has 0 saturated carbocycles. The minimum Gasteiger partial charge on any atom is -0.323 e. The van der Waals surface area contributed by atoms with E-state index in [1.54, 1.807) is 0 Å². The molecule has 0 spiro atoms. The van der Waals surface area contributed by atoms with Gasteiger partial charge in [0.25, 0.3) is 5.91 Å². The molecule has 4 rings (SSSR count). The Bertz CT molecular complexity index is 860. The first kappa shape index (κ1) is 14.3. The molecule has 1 aliphatic heterocycles. The third-order valence-electron chi connectivity index (χ3n) is 4.28. The third kappa shape index (κ3) is 2.95. The first-order chi connectivity index (χ1) is 11.3. The Morgan fingerprint density at radius 3 is 2.91 bits per heavy atom. The summed E-state index contributed by atoms with van der Waals surface area (Å²) in [5, 5.41) is 2.99. The van der Waals surface area contributed by atoms with Gasteiger partial charge in [0, 0.05) is 12.0 Å². The number of hydrogen-bond acceptors (Lipinski definition) is 4. The highest BCUT2D eigenvalue weighted by Crippen LogP contribution is 2.20. The Morgan fingerprint density at radius 2 is 2.00 bits per heavy atom. The molecule has 0 saturated heterocycles. The van der Waals surface area contributed by atoms with Gasteiger partial charge in [-0.1, -0.05) is 30.3 Å². The lowest BCUT2D eigenvalue weighted by Crippen LogP contribution is -3.12. The average Bonchev–Trinajstić information content (AvgIpc) is 3.04. The van der Waals surface area contributed by atoms with E-state index >= 15 is 0 Å². The maximum absolute atomic E-state index is 12.4. The predicted octanol–water partition coefficient (Wildman–Crippen LogP) is 1.27. The zero-order chi connectivity index (χ0) is 15.6. The molecule has 1 amide bonds. The Labute approximate surface area is 138 Å². The fourth-order valence-corrected chi connectivity index (χ4v) is 3.67. The van der Waals surface area contributed by atoms with Crippen LogP contribution in [0.4, 0.5) is 5.69 Å². The third-order valence-corrected chi connectivity index (χ3v) is 4.82. The number of carbonyl (C=O) groups is 1. The first-order valence-corrected chi connectivity index (χ1v) is 8.44. The second-order valence-corrected chi connectivity index (χ2v) is 6.39. The number of hydrogen-bond donors (Lipinski definition) is 2. The van der Waals surface area contributed by atoms with Crippen molar-refractivity contribution in [2.24, 2.45) is 0 Å². The standard InChI is InChI=1S/C17H16N4OS/c22-16(18-14-6-3-7-15-17(14)20-23-19-15)11-21-9-8-12-4-1-2-5-13(12)10-21/h1-7H,8-11H2,(H,18,22)/p+1. The van der Waals surface area contributed by atoms with Crippen LogP contribution in [0.1, 0.15) is 11.1 Å². The summed E-state index contributed by atoms with van der Waals surface area (Å²) in [6.45, 7) is 2.38. The molecule has 0 aliphatic carbocycles. The van der Waals surface area contributed by atoms with Crippen molar-refractivity contribution in [1.29, 1.82) is 0 Å². The van der Waals surface area contributed by atoms with Crippen LogP contribution in [0.2, 0.25) is 0 Å². The summed E-state index contributed by atoms with van der Waals surface area (Å²) in [5.74, 6) is 0.0277. The van der Waals surface area contributed by atoms with Crippen molar-refractivity contribution < 1.29 is 9.69 Å². The summed E-state index contributed by atoms with van der Waals surface area (Å²) >= 11 is 1.17. The Kier molecular flexibility index (Phi) is 3.77. The van der Waals surface area contributed by atoms with E-state index in [1.807, 2.05) is 18.2 Å². The van der Waals surface area contributed by atoms with Crippen LogP contribution in [0.15, 0.2) is 42.5 Å². The maximum Gasteiger partial charge on any atom is 0.279 e. The van der Waals surface area contributed by atoms with E-state index in [2.05, 4.69) is 38.3 Å². The fourth-order valence-electron chi connectivity index (χ4n) is 3.12. The zero-order valence-electron chi connectivity index (χ0n) is 12.6. The molecule has 5 nitrogen and oxygen atoms in total. The summed E-state index contributed by atoms with van der Waals surface area (Å²) in [5.41, 5.74) is 5.11. The van der Waals surface area contributed by atoms with Gasteiger partial charge in [-0.25, -0.2) is 0 Å². The Morgan fingerprint density at radius 1 is 1.13 bits per heavy atom. The lowest BCUT2D eigenvalue weighted by Gasteiger charge is -2.25. The van der Waals surface area contributed by atoms with E-state index in [4.69, 9.17) is 0 Å². The van der Waals surface area contributed by atoms with Crippen molar-refractivity contribution in [1.82, 2.24) is 8.75 Å². The zero-order valence-corrected chi connectivity index (χ0v) is 13.4. The topological polar surface area (TPSA) is 59.3 Å². The number of benzene rings is 2. The summed E-state index contributed by atoms with van der Waals surface area (Å²) < 4.78 is 8.46. The van der Waals surface area contributed by atoms with Crippen LogP contribution in [0.3, 0.4) is 0 Å². The molecule has 2 N–H and O–H groups in total. The lowest BCUT2D eigenvalue weighted by molar-refractivity contribution is -0.907. The molecular weight excluding hydrogens is 308 g/mol. The van der Waals surface area contributed by atoms with E-state index in [-0.39, 0.29) is 5.91 Å². The molecule has 116 valence electrons. The molecule has 1 aromatic heterocycles. The molecule has 6 heteroatoms. The van der Waals surface area contributed by atoms with Crippen molar-refractivity contribution >= 4 is 34.4 Å². The number of anilines is 1. The van der Waals surface area contributed by atoms with Crippen molar-refractivity contribution in [2.75, 3.05) is 18.4 Å². The van der Waals surface area contributed by atoms with Crippen LogP contribution in [-0.2, 0) is 17.8 Å². The molecule has 2 heterocycles. The van der Waals surface area contributed by atoms with E-state index in [0.717, 1.165) is 36.2 Å². The second kappa shape index (κ2) is 6.06. The number of amides is 1. The average molecular weight is 325 g/mol. The summed E-state index contributed by atoms with van der Waals surface area (Å²) in [7, 11) is 0. The number of nitrogens with zero attached hydrogens (tertiary/aromatic N) is 2. The molecule has 23 heavy (non-hydrogen) atoms. The number of rotatable bonds is 3. The van der Waals surface area contributed by atoms with Gasteiger partial charge in [-0.3, -0.25) is 4.79 Å². The van der Waals surface area contributed by atoms with Crippen LogP contribution in [0.5, 0.6) is 0 Å². The number of carbonyl (C=O) groups excluding carboxylic acids is 1.